The highest BCUT2D eigenvalue weighted by Gasteiger charge is 2.35. The summed E-state index contributed by atoms with van der Waals surface area (Å²) in [5.74, 6) is 0. The van der Waals surface area contributed by atoms with Crippen molar-refractivity contribution < 1.29 is 9.47 Å². The number of hydrogen-bond donors (Lipinski definition) is 0. The fourth-order valence-electron chi connectivity index (χ4n) is 2.15. The van der Waals surface area contributed by atoms with Gasteiger partial charge in [-0.15, -0.1) is 0 Å². The molecular weight excluding hydrogens is 236 g/mol. The van der Waals surface area contributed by atoms with Gasteiger partial charge in [-0.3, -0.25) is 0 Å². The molecule has 0 amide bonds. The van der Waals surface area contributed by atoms with E-state index in [4.69, 9.17) is 9.47 Å². The first-order chi connectivity index (χ1) is 8.81. The average molecular weight is 266 g/mol. The maximum atomic E-state index is 5.81. The predicted molar refractivity (Wildman–Crippen MR) is 81.1 cm³/mol. The molecule has 1 aliphatic rings. The van der Waals surface area contributed by atoms with Crippen molar-refractivity contribution >= 4 is 0 Å². The highest BCUT2D eigenvalue weighted by Crippen LogP contribution is 2.33. The molecule has 0 radical (unpaired) electrons. The quantitative estimate of drug-likeness (QED) is 0.639. The lowest BCUT2D eigenvalue weighted by atomic mass is 9.87. The van der Waals surface area contributed by atoms with E-state index < -0.39 is 0 Å². The van der Waals surface area contributed by atoms with E-state index in [1.54, 1.807) is 0 Å². The number of hydrogen-bond acceptors (Lipinski definition) is 2. The van der Waals surface area contributed by atoms with Crippen LogP contribution in [0.3, 0.4) is 0 Å². The zero-order valence-electron chi connectivity index (χ0n) is 13.5. The second-order valence-electron chi connectivity index (χ2n) is 6.68. The topological polar surface area (TPSA) is 18.5 Å². The largest absolute Gasteiger partial charge is 0.349 e. The van der Waals surface area contributed by atoms with Crippen molar-refractivity contribution in [2.75, 3.05) is 6.61 Å². The molecule has 0 aromatic rings. The molecule has 0 saturated carbocycles. The Kier molecular flexibility index (Phi) is 6.28. The predicted octanol–water partition coefficient (Wildman–Crippen LogP) is 4.86. The Hall–Kier alpha value is -0.600. The lowest BCUT2D eigenvalue weighted by Crippen LogP contribution is -2.30. The van der Waals surface area contributed by atoms with Gasteiger partial charge in [-0.25, -0.2) is 0 Å². The first-order valence-electron chi connectivity index (χ1n) is 7.37. The summed E-state index contributed by atoms with van der Waals surface area (Å²) in [5, 5.41) is 0. The number of rotatable bonds is 6. The van der Waals surface area contributed by atoms with Crippen LogP contribution < -0.4 is 0 Å². The second kappa shape index (κ2) is 7.25. The summed E-state index contributed by atoms with van der Waals surface area (Å²) in [7, 11) is 0. The molecule has 1 rings (SSSR count). The molecule has 0 aromatic carbocycles. The van der Waals surface area contributed by atoms with E-state index in [1.807, 2.05) is 0 Å². The minimum absolute atomic E-state index is 0.0442. The molecule has 0 spiro atoms. The molecule has 110 valence electrons. The smallest absolute Gasteiger partial charge is 0.163 e. The van der Waals surface area contributed by atoms with Gasteiger partial charge in [0.25, 0.3) is 0 Å². The lowest BCUT2D eigenvalue weighted by molar-refractivity contribution is -0.127. The average Bonchev–Trinajstić information content (AvgIpc) is 2.74. The summed E-state index contributed by atoms with van der Waals surface area (Å²) in [6, 6.07) is 0. The summed E-state index contributed by atoms with van der Waals surface area (Å²) >= 11 is 0. The van der Waals surface area contributed by atoms with Gasteiger partial charge in [0.1, 0.15) is 0 Å². The van der Waals surface area contributed by atoms with Crippen molar-refractivity contribution in [3.05, 3.63) is 23.3 Å². The molecule has 19 heavy (non-hydrogen) atoms. The van der Waals surface area contributed by atoms with Gasteiger partial charge in [-0.2, -0.15) is 0 Å². The number of ether oxygens (including phenoxy) is 2. The Labute approximate surface area is 118 Å². The first-order valence-corrected chi connectivity index (χ1v) is 7.37. The van der Waals surface area contributed by atoms with Crippen molar-refractivity contribution in [1.82, 2.24) is 0 Å². The highest BCUT2D eigenvalue weighted by atomic mass is 16.7. The fraction of sp³-hybridized carbons (Fsp3) is 0.765. The van der Waals surface area contributed by atoms with Crippen LogP contribution in [0.25, 0.3) is 0 Å². The normalized spacial score (nSPS) is 24.6. The van der Waals surface area contributed by atoms with E-state index in [0.29, 0.717) is 0 Å². The molecule has 1 aliphatic heterocycles. The van der Waals surface area contributed by atoms with Crippen LogP contribution in [0.15, 0.2) is 23.3 Å². The Morgan fingerprint density at radius 1 is 1.21 bits per heavy atom. The van der Waals surface area contributed by atoms with E-state index >= 15 is 0 Å². The first kappa shape index (κ1) is 16.5. The van der Waals surface area contributed by atoms with E-state index in [1.165, 1.54) is 11.1 Å². The molecule has 2 atom stereocenters. The minimum Gasteiger partial charge on any atom is -0.349 e. The van der Waals surface area contributed by atoms with Crippen molar-refractivity contribution in [3.8, 4) is 0 Å². The van der Waals surface area contributed by atoms with Crippen LogP contribution in [0.5, 0.6) is 0 Å². The van der Waals surface area contributed by atoms with Crippen molar-refractivity contribution in [1.29, 1.82) is 0 Å². The van der Waals surface area contributed by atoms with Crippen LogP contribution in [-0.4, -0.2) is 19.0 Å². The molecule has 1 fully saturated rings. The van der Waals surface area contributed by atoms with Crippen LogP contribution in [0.2, 0.25) is 0 Å². The molecule has 0 aliphatic carbocycles. The van der Waals surface area contributed by atoms with Gasteiger partial charge in [-0.05, 0) is 47.0 Å². The summed E-state index contributed by atoms with van der Waals surface area (Å²) in [4.78, 5) is 0. The Balaban J connectivity index is 2.42. The van der Waals surface area contributed by atoms with Crippen LogP contribution in [0.1, 0.15) is 60.8 Å². The van der Waals surface area contributed by atoms with Gasteiger partial charge in [0.2, 0.25) is 0 Å². The zero-order valence-corrected chi connectivity index (χ0v) is 13.5. The Bertz CT molecular complexity index is 335. The molecule has 0 bridgehead atoms. The van der Waals surface area contributed by atoms with E-state index in [2.05, 4.69) is 53.7 Å². The molecule has 0 N–H and O–H groups in total. The van der Waals surface area contributed by atoms with E-state index in [-0.39, 0.29) is 17.8 Å². The molecular formula is C17H30O2. The van der Waals surface area contributed by atoms with E-state index in [9.17, 15) is 0 Å². The monoisotopic (exact) mass is 266 g/mol. The van der Waals surface area contributed by atoms with Gasteiger partial charge in [0, 0.05) is 5.41 Å². The van der Waals surface area contributed by atoms with Gasteiger partial charge >= 0.3 is 0 Å². The van der Waals surface area contributed by atoms with Gasteiger partial charge in [0.05, 0.1) is 12.7 Å². The lowest BCUT2D eigenvalue weighted by Gasteiger charge is -2.29. The standard InChI is InChI=1S/C17H30O2/c1-13(2)8-7-9-14(3)10-11-17(5,6)16-18-12-15(4)19-16/h8,10,15-16H,7,9,11-12H2,1-6H3. The van der Waals surface area contributed by atoms with Crippen LogP contribution in [0, 0.1) is 5.41 Å². The third-order valence-electron chi connectivity index (χ3n) is 3.54. The van der Waals surface area contributed by atoms with Crippen LogP contribution in [0.4, 0.5) is 0 Å². The molecule has 2 heteroatoms. The molecule has 2 unspecified atom stereocenters. The molecule has 2 nitrogen and oxygen atoms in total. The second-order valence-corrected chi connectivity index (χ2v) is 6.68. The number of allylic oxidation sites excluding steroid dienone is 4. The molecule has 0 aromatic heterocycles. The molecule has 1 saturated heterocycles. The van der Waals surface area contributed by atoms with Gasteiger partial charge in [0.15, 0.2) is 6.29 Å². The van der Waals surface area contributed by atoms with E-state index in [0.717, 1.165) is 25.9 Å². The SMILES string of the molecule is CC(C)=CCCC(C)=CCC(C)(C)C1OCC(C)O1. The van der Waals surface area contributed by atoms with Crippen molar-refractivity contribution in [2.24, 2.45) is 5.41 Å². The Morgan fingerprint density at radius 2 is 1.89 bits per heavy atom. The van der Waals surface area contributed by atoms with Crippen molar-refractivity contribution in [2.45, 2.75) is 73.2 Å². The highest BCUT2D eigenvalue weighted by molar-refractivity contribution is 5.03. The maximum absolute atomic E-state index is 5.81. The molecule has 1 heterocycles. The van der Waals surface area contributed by atoms with Crippen LogP contribution in [-0.2, 0) is 9.47 Å². The van der Waals surface area contributed by atoms with Gasteiger partial charge in [-0.1, -0.05) is 37.1 Å². The fourth-order valence-corrected chi connectivity index (χ4v) is 2.15. The maximum Gasteiger partial charge on any atom is 0.163 e. The Morgan fingerprint density at radius 3 is 2.42 bits per heavy atom. The third kappa shape index (κ3) is 5.92. The van der Waals surface area contributed by atoms with Gasteiger partial charge < -0.3 is 9.47 Å². The van der Waals surface area contributed by atoms with Crippen LogP contribution >= 0.6 is 0 Å². The summed E-state index contributed by atoms with van der Waals surface area (Å²) in [5.41, 5.74) is 2.90. The third-order valence-corrected chi connectivity index (χ3v) is 3.54. The minimum atomic E-state index is -0.0654. The zero-order chi connectivity index (χ0) is 14.5. The summed E-state index contributed by atoms with van der Waals surface area (Å²) in [6.07, 6.45) is 8.09. The summed E-state index contributed by atoms with van der Waals surface area (Å²) in [6.45, 7) is 13.7. The van der Waals surface area contributed by atoms with Crippen molar-refractivity contribution in [3.63, 3.8) is 0 Å². The summed E-state index contributed by atoms with van der Waals surface area (Å²) < 4.78 is 11.5.